The first-order valence-corrected chi connectivity index (χ1v) is 5.20. The van der Waals surface area contributed by atoms with Crippen molar-refractivity contribution in [2.75, 3.05) is 20.0 Å². The summed E-state index contributed by atoms with van der Waals surface area (Å²) < 4.78 is 12.1. The van der Waals surface area contributed by atoms with E-state index >= 15 is 0 Å². The highest BCUT2D eigenvalue weighted by Gasteiger charge is 2.08. The highest BCUT2D eigenvalue weighted by molar-refractivity contribution is 5.50. The molecule has 0 atom stereocenters. The van der Waals surface area contributed by atoms with E-state index < -0.39 is 0 Å². The first kappa shape index (κ1) is 11.3. The van der Waals surface area contributed by atoms with Gasteiger partial charge in [-0.15, -0.1) is 0 Å². The topological polar surface area (TPSA) is 62.3 Å². The van der Waals surface area contributed by atoms with E-state index in [2.05, 4.69) is 5.10 Å². The van der Waals surface area contributed by atoms with Gasteiger partial charge in [0.15, 0.2) is 11.5 Å². The Balaban J connectivity index is 2.46. The Hall–Kier alpha value is -2.17. The quantitative estimate of drug-likeness (QED) is 0.877. The van der Waals surface area contributed by atoms with Crippen LogP contribution in [0, 0.1) is 6.92 Å². The highest BCUT2D eigenvalue weighted by Crippen LogP contribution is 2.29. The van der Waals surface area contributed by atoms with Gasteiger partial charge in [0, 0.05) is 6.07 Å². The number of nitrogens with zero attached hydrogens (tertiary/aromatic N) is 2. The van der Waals surface area contributed by atoms with E-state index in [4.69, 9.17) is 15.2 Å². The summed E-state index contributed by atoms with van der Waals surface area (Å²) >= 11 is 0. The van der Waals surface area contributed by atoms with Gasteiger partial charge in [-0.2, -0.15) is 5.10 Å². The van der Waals surface area contributed by atoms with E-state index in [-0.39, 0.29) is 0 Å². The third-order valence-corrected chi connectivity index (χ3v) is 2.57. The standard InChI is InChI=1S/C12H15N3O2/c1-8-10(13)7-15(14-8)9-4-5-11(16-2)12(6-9)17-3/h4-7H,13H2,1-3H3. The van der Waals surface area contributed by atoms with Crippen LogP contribution in [0.3, 0.4) is 0 Å². The van der Waals surface area contributed by atoms with E-state index in [1.54, 1.807) is 25.1 Å². The molecule has 0 radical (unpaired) electrons. The Morgan fingerprint density at radius 2 is 1.88 bits per heavy atom. The van der Waals surface area contributed by atoms with Crippen molar-refractivity contribution in [3.8, 4) is 17.2 Å². The molecule has 5 heteroatoms. The maximum absolute atomic E-state index is 5.77. The van der Waals surface area contributed by atoms with Crippen LogP contribution in [0.2, 0.25) is 0 Å². The van der Waals surface area contributed by atoms with Crippen LogP contribution < -0.4 is 15.2 Å². The summed E-state index contributed by atoms with van der Waals surface area (Å²) in [7, 11) is 3.21. The number of nitrogens with two attached hydrogens (primary N) is 1. The number of hydrogen-bond acceptors (Lipinski definition) is 4. The summed E-state index contributed by atoms with van der Waals surface area (Å²) in [5, 5.41) is 4.31. The Bertz CT molecular complexity index is 515. The zero-order chi connectivity index (χ0) is 12.4. The SMILES string of the molecule is COc1ccc(-n2cc(N)c(C)n2)cc1OC. The fourth-order valence-electron chi connectivity index (χ4n) is 1.57. The maximum atomic E-state index is 5.77. The molecule has 0 saturated heterocycles. The number of ether oxygens (including phenoxy) is 2. The second kappa shape index (κ2) is 4.37. The average molecular weight is 233 g/mol. The third-order valence-electron chi connectivity index (χ3n) is 2.57. The molecule has 2 N–H and O–H groups in total. The summed E-state index contributed by atoms with van der Waals surface area (Å²) in [6.07, 6.45) is 1.77. The summed E-state index contributed by atoms with van der Waals surface area (Å²) in [5.41, 5.74) is 8.11. The number of benzene rings is 1. The smallest absolute Gasteiger partial charge is 0.162 e. The van der Waals surface area contributed by atoms with Crippen LogP contribution >= 0.6 is 0 Å². The molecular weight excluding hydrogens is 218 g/mol. The van der Waals surface area contributed by atoms with Gasteiger partial charge in [-0.3, -0.25) is 0 Å². The predicted molar refractivity (Wildman–Crippen MR) is 65.8 cm³/mol. The van der Waals surface area contributed by atoms with Gasteiger partial charge in [0.2, 0.25) is 0 Å². The molecule has 5 nitrogen and oxygen atoms in total. The first-order chi connectivity index (χ1) is 8.15. The summed E-state index contributed by atoms with van der Waals surface area (Å²) in [6.45, 7) is 1.87. The molecule has 0 bridgehead atoms. The van der Waals surface area contributed by atoms with Crippen molar-refractivity contribution in [3.05, 3.63) is 30.1 Å². The minimum Gasteiger partial charge on any atom is -0.493 e. The average Bonchev–Trinajstić information content (AvgIpc) is 2.68. The molecule has 0 aliphatic heterocycles. The molecule has 0 saturated carbocycles. The van der Waals surface area contributed by atoms with Crippen LogP contribution in [-0.2, 0) is 0 Å². The van der Waals surface area contributed by atoms with E-state index in [0.29, 0.717) is 17.2 Å². The molecule has 0 aliphatic carbocycles. The fourth-order valence-corrected chi connectivity index (χ4v) is 1.57. The molecule has 0 spiro atoms. The second-order valence-corrected chi connectivity index (χ2v) is 3.65. The molecule has 17 heavy (non-hydrogen) atoms. The fraction of sp³-hybridized carbons (Fsp3) is 0.250. The van der Waals surface area contributed by atoms with Gasteiger partial charge < -0.3 is 15.2 Å². The lowest BCUT2D eigenvalue weighted by molar-refractivity contribution is 0.354. The van der Waals surface area contributed by atoms with Gasteiger partial charge in [0.05, 0.1) is 37.5 Å². The monoisotopic (exact) mass is 233 g/mol. The minimum atomic E-state index is 0.664. The van der Waals surface area contributed by atoms with Gasteiger partial charge in [0.25, 0.3) is 0 Å². The van der Waals surface area contributed by atoms with Crippen molar-refractivity contribution in [2.24, 2.45) is 0 Å². The van der Waals surface area contributed by atoms with Gasteiger partial charge in [-0.05, 0) is 19.1 Å². The minimum absolute atomic E-state index is 0.664. The van der Waals surface area contributed by atoms with Crippen molar-refractivity contribution in [2.45, 2.75) is 6.92 Å². The van der Waals surface area contributed by atoms with Crippen molar-refractivity contribution in [1.29, 1.82) is 0 Å². The molecule has 0 amide bonds. The molecule has 2 rings (SSSR count). The van der Waals surface area contributed by atoms with E-state index in [1.807, 2.05) is 25.1 Å². The van der Waals surface area contributed by atoms with E-state index in [9.17, 15) is 0 Å². The van der Waals surface area contributed by atoms with Crippen molar-refractivity contribution >= 4 is 5.69 Å². The van der Waals surface area contributed by atoms with Crippen LogP contribution in [0.25, 0.3) is 5.69 Å². The molecule has 0 unspecified atom stereocenters. The van der Waals surface area contributed by atoms with E-state index in [1.165, 1.54) is 0 Å². The Labute approximate surface area is 99.8 Å². The number of nitrogen functional groups attached to an aromatic ring is 1. The normalized spacial score (nSPS) is 10.3. The lowest BCUT2D eigenvalue weighted by Gasteiger charge is -2.09. The Morgan fingerprint density at radius 3 is 2.41 bits per heavy atom. The molecule has 0 aliphatic rings. The van der Waals surface area contributed by atoms with Gasteiger partial charge in [-0.1, -0.05) is 0 Å². The van der Waals surface area contributed by atoms with Crippen molar-refractivity contribution in [1.82, 2.24) is 9.78 Å². The second-order valence-electron chi connectivity index (χ2n) is 3.65. The number of rotatable bonds is 3. The lowest BCUT2D eigenvalue weighted by atomic mass is 10.3. The summed E-state index contributed by atoms with van der Waals surface area (Å²) in [5.74, 6) is 1.35. The van der Waals surface area contributed by atoms with Gasteiger partial charge >= 0.3 is 0 Å². The first-order valence-electron chi connectivity index (χ1n) is 5.20. The van der Waals surface area contributed by atoms with Crippen LogP contribution in [0.15, 0.2) is 24.4 Å². The molecule has 1 aromatic carbocycles. The Kier molecular flexibility index (Phi) is 2.91. The molecule has 1 heterocycles. The number of aryl methyl sites for hydroxylation is 1. The molecule has 1 aromatic heterocycles. The number of anilines is 1. The summed E-state index contributed by atoms with van der Waals surface area (Å²) in [6, 6.07) is 5.58. The molecular formula is C12H15N3O2. The van der Waals surface area contributed by atoms with Crippen LogP contribution in [0.5, 0.6) is 11.5 Å². The number of aromatic nitrogens is 2. The van der Waals surface area contributed by atoms with Crippen molar-refractivity contribution in [3.63, 3.8) is 0 Å². The third kappa shape index (κ3) is 2.04. The summed E-state index contributed by atoms with van der Waals surface area (Å²) in [4.78, 5) is 0. The zero-order valence-electron chi connectivity index (χ0n) is 10.1. The molecule has 0 fully saturated rings. The maximum Gasteiger partial charge on any atom is 0.162 e. The van der Waals surface area contributed by atoms with Gasteiger partial charge in [0.1, 0.15) is 0 Å². The predicted octanol–water partition coefficient (Wildman–Crippen LogP) is 1.78. The van der Waals surface area contributed by atoms with Gasteiger partial charge in [-0.25, -0.2) is 4.68 Å². The Morgan fingerprint density at radius 1 is 1.18 bits per heavy atom. The van der Waals surface area contributed by atoms with Crippen LogP contribution in [0.4, 0.5) is 5.69 Å². The number of methoxy groups -OCH3 is 2. The van der Waals surface area contributed by atoms with Crippen LogP contribution in [-0.4, -0.2) is 24.0 Å². The zero-order valence-corrected chi connectivity index (χ0v) is 10.1. The lowest BCUT2D eigenvalue weighted by Crippen LogP contribution is -1.97. The van der Waals surface area contributed by atoms with Crippen molar-refractivity contribution < 1.29 is 9.47 Å². The molecule has 90 valence electrons. The largest absolute Gasteiger partial charge is 0.493 e. The van der Waals surface area contributed by atoms with E-state index in [0.717, 1.165) is 11.4 Å². The highest BCUT2D eigenvalue weighted by atomic mass is 16.5. The number of hydrogen-bond donors (Lipinski definition) is 1. The van der Waals surface area contributed by atoms with Crippen LogP contribution in [0.1, 0.15) is 5.69 Å². The molecule has 2 aromatic rings.